The Balaban J connectivity index is 2.44. The monoisotopic (exact) mass is 202 g/mol. The van der Waals surface area contributed by atoms with Crippen molar-refractivity contribution in [1.82, 2.24) is 0 Å². The van der Waals surface area contributed by atoms with Crippen LogP contribution in [0.5, 0.6) is 0 Å². The van der Waals surface area contributed by atoms with Gasteiger partial charge in [-0.1, -0.05) is 36.5 Å². The lowest BCUT2D eigenvalue weighted by molar-refractivity contribution is -0.141. The summed E-state index contributed by atoms with van der Waals surface area (Å²) in [5, 5.41) is 0. The van der Waals surface area contributed by atoms with Gasteiger partial charge >= 0.3 is 5.97 Å². The molecular formula is C13H14O2. The van der Waals surface area contributed by atoms with Crippen LogP contribution in [0.2, 0.25) is 0 Å². The highest BCUT2D eigenvalue weighted by Crippen LogP contribution is 2.00. The quantitative estimate of drug-likeness (QED) is 0.543. The first-order chi connectivity index (χ1) is 7.22. The van der Waals surface area contributed by atoms with Gasteiger partial charge in [0.15, 0.2) is 6.61 Å². The maximum Gasteiger partial charge on any atom is 0.306 e. The van der Waals surface area contributed by atoms with E-state index >= 15 is 0 Å². The number of hydrogen-bond donors (Lipinski definition) is 0. The van der Waals surface area contributed by atoms with Crippen molar-refractivity contribution in [2.45, 2.75) is 20.3 Å². The molecule has 0 aliphatic heterocycles. The van der Waals surface area contributed by atoms with Crippen molar-refractivity contribution >= 4 is 5.97 Å². The molecule has 0 heterocycles. The van der Waals surface area contributed by atoms with Crippen molar-refractivity contribution in [1.29, 1.82) is 0 Å². The molecule has 0 fully saturated rings. The summed E-state index contributed by atoms with van der Waals surface area (Å²) in [7, 11) is 0. The van der Waals surface area contributed by atoms with Gasteiger partial charge in [-0.3, -0.25) is 4.79 Å². The van der Waals surface area contributed by atoms with Gasteiger partial charge in [0.1, 0.15) is 0 Å². The van der Waals surface area contributed by atoms with Crippen LogP contribution in [0.1, 0.15) is 24.5 Å². The smallest absolute Gasteiger partial charge is 0.306 e. The number of rotatable bonds is 2. The minimum atomic E-state index is -0.215. The predicted molar refractivity (Wildman–Crippen MR) is 59.3 cm³/mol. The molecule has 0 aromatic heterocycles. The van der Waals surface area contributed by atoms with Gasteiger partial charge in [-0.15, -0.1) is 0 Å². The van der Waals surface area contributed by atoms with E-state index in [1.165, 1.54) is 5.56 Å². The first-order valence-corrected chi connectivity index (χ1v) is 4.93. The zero-order chi connectivity index (χ0) is 11.1. The molecular weight excluding hydrogens is 188 g/mol. The Kier molecular flexibility index (Phi) is 4.43. The molecule has 0 saturated heterocycles. The molecule has 0 aliphatic carbocycles. The van der Waals surface area contributed by atoms with Crippen LogP contribution in [-0.4, -0.2) is 12.6 Å². The van der Waals surface area contributed by atoms with Gasteiger partial charge in [-0.2, -0.15) is 0 Å². The molecule has 1 aromatic rings. The molecule has 0 aliphatic rings. The number of aryl methyl sites for hydroxylation is 1. The summed E-state index contributed by atoms with van der Waals surface area (Å²) in [5.74, 6) is 5.50. The summed E-state index contributed by atoms with van der Waals surface area (Å²) in [6, 6.07) is 7.90. The van der Waals surface area contributed by atoms with Crippen LogP contribution in [0.25, 0.3) is 0 Å². The van der Waals surface area contributed by atoms with Gasteiger partial charge in [-0.05, 0) is 19.1 Å². The highest BCUT2D eigenvalue weighted by Gasteiger charge is 1.93. The van der Waals surface area contributed by atoms with Gasteiger partial charge in [0.05, 0.1) is 0 Å². The standard InChI is InChI=1S/C13H14O2/c1-3-13(14)15-10-4-5-12-8-6-11(2)7-9-12/h6-9H,3,10H2,1-2H3. The van der Waals surface area contributed by atoms with Crippen LogP contribution in [0.4, 0.5) is 0 Å². The van der Waals surface area contributed by atoms with Gasteiger partial charge in [0, 0.05) is 12.0 Å². The molecule has 0 atom stereocenters. The third-order valence-corrected chi connectivity index (χ3v) is 1.88. The Hall–Kier alpha value is -1.75. The van der Waals surface area contributed by atoms with E-state index in [2.05, 4.69) is 11.8 Å². The number of ether oxygens (including phenoxy) is 1. The van der Waals surface area contributed by atoms with Crippen molar-refractivity contribution < 1.29 is 9.53 Å². The van der Waals surface area contributed by atoms with Gasteiger partial charge in [0.2, 0.25) is 0 Å². The SMILES string of the molecule is CCC(=O)OCC#Cc1ccc(C)cc1. The second kappa shape index (κ2) is 5.87. The maximum absolute atomic E-state index is 10.8. The van der Waals surface area contributed by atoms with Gasteiger partial charge < -0.3 is 4.74 Å². The number of benzene rings is 1. The largest absolute Gasteiger partial charge is 0.452 e. The van der Waals surface area contributed by atoms with Crippen LogP contribution in [-0.2, 0) is 9.53 Å². The highest BCUT2D eigenvalue weighted by atomic mass is 16.5. The normalized spacial score (nSPS) is 8.93. The Morgan fingerprint density at radius 1 is 1.33 bits per heavy atom. The summed E-state index contributed by atoms with van der Waals surface area (Å²) < 4.78 is 4.82. The molecule has 0 unspecified atom stereocenters. The molecule has 15 heavy (non-hydrogen) atoms. The summed E-state index contributed by atoms with van der Waals surface area (Å²) in [6.45, 7) is 3.95. The fourth-order valence-corrected chi connectivity index (χ4v) is 0.994. The molecule has 78 valence electrons. The van der Waals surface area contributed by atoms with E-state index in [4.69, 9.17) is 4.74 Å². The second-order valence-corrected chi connectivity index (χ2v) is 3.18. The zero-order valence-electron chi connectivity index (χ0n) is 9.04. The molecule has 0 N–H and O–H groups in total. The lowest BCUT2D eigenvalue weighted by atomic mass is 10.2. The average Bonchev–Trinajstić information content (AvgIpc) is 2.26. The van der Waals surface area contributed by atoms with Crippen LogP contribution >= 0.6 is 0 Å². The fraction of sp³-hybridized carbons (Fsp3) is 0.308. The fourth-order valence-electron chi connectivity index (χ4n) is 0.994. The molecule has 1 rings (SSSR count). The molecule has 0 bridgehead atoms. The Morgan fingerprint density at radius 2 is 2.00 bits per heavy atom. The first-order valence-electron chi connectivity index (χ1n) is 4.93. The third-order valence-electron chi connectivity index (χ3n) is 1.88. The van der Waals surface area contributed by atoms with Crippen molar-refractivity contribution in [3.63, 3.8) is 0 Å². The Labute approximate surface area is 90.3 Å². The third kappa shape index (κ3) is 4.33. The summed E-state index contributed by atoms with van der Waals surface area (Å²) in [6.07, 6.45) is 0.395. The molecule has 2 heteroatoms. The van der Waals surface area contributed by atoms with Gasteiger partial charge in [0.25, 0.3) is 0 Å². The minimum absolute atomic E-state index is 0.167. The molecule has 0 radical (unpaired) electrons. The number of hydrogen-bond acceptors (Lipinski definition) is 2. The Bertz CT molecular complexity index is 379. The van der Waals surface area contributed by atoms with E-state index in [0.717, 1.165) is 5.56 Å². The van der Waals surface area contributed by atoms with Crippen LogP contribution < -0.4 is 0 Å². The van der Waals surface area contributed by atoms with Crippen LogP contribution in [0.15, 0.2) is 24.3 Å². The molecule has 2 nitrogen and oxygen atoms in total. The van der Waals surface area contributed by atoms with Crippen LogP contribution in [0, 0.1) is 18.8 Å². The van der Waals surface area contributed by atoms with E-state index in [-0.39, 0.29) is 12.6 Å². The topological polar surface area (TPSA) is 26.3 Å². The lowest BCUT2D eigenvalue weighted by Crippen LogP contribution is -2.01. The minimum Gasteiger partial charge on any atom is -0.452 e. The van der Waals surface area contributed by atoms with E-state index < -0.39 is 0 Å². The first kappa shape index (κ1) is 11.3. The summed E-state index contributed by atoms with van der Waals surface area (Å²) in [4.78, 5) is 10.8. The van der Waals surface area contributed by atoms with E-state index in [0.29, 0.717) is 6.42 Å². The molecule has 0 saturated carbocycles. The van der Waals surface area contributed by atoms with E-state index in [1.807, 2.05) is 31.2 Å². The average molecular weight is 202 g/mol. The number of carbonyl (C=O) groups is 1. The zero-order valence-corrected chi connectivity index (χ0v) is 9.04. The molecule has 0 spiro atoms. The van der Waals surface area contributed by atoms with Crippen molar-refractivity contribution in [2.75, 3.05) is 6.61 Å². The maximum atomic E-state index is 10.8. The van der Waals surface area contributed by atoms with Gasteiger partial charge in [-0.25, -0.2) is 0 Å². The van der Waals surface area contributed by atoms with E-state index in [9.17, 15) is 4.79 Å². The number of carbonyl (C=O) groups excluding carboxylic acids is 1. The van der Waals surface area contributed by atoms with Crippen LogP contribution in [0.3, 0.4) is 0 Å². The van der Waals surface area contributed by atoms with E-state index in [1.54, 1.807) is 6.92 Å². The number of esters is 1. The molecule has 0 amide bonds. The molecule has 1 aromatic carbocycles. The predicted octanol–water partition coefficient (Wildman–Crippen LogP) is 2.30. The van der Waals surface area contributed by atoms with Crippen molar-refractivity contribution in [3.05, 3.63) is 35.4 Å². The summed E-state index contributed by atoms with van der Waals surface area (Å²) in [5.41, 5.74) is 2.14. The Morgan fingerprint density at radius 3 is 2.60 bits per heavy atom. The second-order valence-electron chi connectivity index (χ2n) is 3.18. The van der Waals surface area contributed by atoms with Crippen molar-refractivity contribution in [2.24, 2.45) is 0 Å². The van der Waals surface area contributed by atoms with Crippen molar-refractivity contribution in [3.8, 4) is 11.8 Å². The lowest BCUT2D eigenvalue weighted by Gasteiger charge is -1.95. The summed E-state index contributed by atoms with van der Waals surface area (Å²) >= 11 is 0. The highest BCUT2D eigenvalue weighted by molar-refractivity contribution is 5.69.